The van der Waals surface area contributed by atoms with Gasteiger partial charge in [0.25, 0.3) is 5.91 Å². The van der Waals surface area contributed by atoms with Crippen molar-refractivity contribution in [3.63, 3.8) is 0 Å². The normalized spacial score (nSPS) is 14.9. The lowest BCUT2D eigenvalue weighted by Crippen LogP contribution is -2.58. The van der Waals surface area contributed by atoms with Gasteiger partial charge >= 0.3 is 0 Å². The molecule has 0 bridgehead atoms. The second-order valence-corrected chi connectivity index (χ2v) is 13.6. The van der Waals surface area contributed by atoms with E-state index < -0.39 is 36.0 Å². The van der Waals surface area contributed by atoms with Gasteiger partial charge in [-0.3, -0.25) is 24.0 Å². The number of hydrogen-bond donors (Lipinski definition) is 7. The first-order chi connectivity index (χ1) is 23.7. The predicted molar refractivity (Wildman–Crippen MR) is 191 cm³/mol. The van der Waals surface area contributed by atoms with Crippen LogP contribution in [0.5, 0.6) is 0 Å². The molecule has 0 aliphatic heterocycles. The van der Waals surface area contributed by atoms with Crippen molar-refractivity contribution in [2.24, 2.45) is 17.8 Å². The number of likely N-dealkylation sites (N-methyl/N-ethyl adjacent to an activating group) is 1. The molecule has 0 aliphatic carbocycles. The summed E-state index contributed by atoms with van der Waals surface area (Å²) in [4.78, 5) is 66.0. The number of rotatable bonds is 21. The van der Waals surface area contributed by atoms with E-state index in [0.29, 0.717) is 55.7 Å². The standard InChI is InChI=1S/C35H58N10O5/c1-10-13-27(33(48)38-26(18-20(4)5)19-37-23(9)31(46)40-28(21(6)7)34(49)36-12-3)39-35(50)29(22(8)11-2)41-32(47)25-16-14-24(15-17-25)30-42-44-45-43-30/h14-17,20-23,26-29,37H,10-13,18-19H2,1-9H3,(H,36,49)(H,38,48)(H,39,50)(H,40,46)(H,41,47)(H,42,43,44,45)/t22-,23-,26-,27-,28-,29-/m0/s1. The maximum Gasteiger partial charge on any atom is 0.251 e. The zero-order chi connectivity index (χ0) is 37.4. The Morgan fingerprint density at radius 3 is 2.00 bits per heavy atom. The average molecular weight is 699 g/mol. The van der Waals surface area contributed by atoms with Crippen molar-refractivity contribution in [3.8, 4) is 11.4 Å². The highest BCUT2D eigenvalue weighted by molar-refractivity contribution is 5.98. The first-order valence-electron chi connectivity index (χ1n) is 17.8. The van der Waals surface area contributed by atoms with Crippen molar-refractivity contribution in [1.29, 1.82) is 0 Å². The van der Waals surface area contributed by atoms with Crippen LogP contribution in [0.2, 0.25) is 0 Å². The number of nitrogens with zero attached hydrogens (tertiary/aromatic N) is 3. The summed E-state index contributed by atoms with van der Waals surface area (Å²) in [6, 6.07) is 3.31. The van der Waals surface area contributed by atoms with Gasteiger partial charge in [-0.05, 0) is 61.8 Å². The molecule has 0 unspecified atom stereocenters. The molecule has 0 radical (unpaired) electrons. The number of aromatic nitrogens is 4. The van der Waals surface area contributed by atoms with E-state index in [0.717, 1.165) is 0 Å². The molecule has 0 saturated carbocycles. The van der Waals surface area contributed by atoms with Gasteiger partial charge in [-0.25, -0.2) is 0 Å². The lowest BCUT2D eigenvalue weighted by atomic mass is 9.97. The van der Waals surface area contributed by atoms with E-state index in [4.69, 9.17) is 0 Å². The third kappa shape index (κ3) is 13.1. The van der Waals surface area contributed by atoms with Gasteiger partial charge < -0.3 is 31.9 Å². The number of benzene rings is 1. The maximum absolute atomic E-state index is 13.7. The van der Waals surface area contributed by atoms with Crippen molar-refractivity contribution in [2.75, 3.05) is 13.1 Å². The van der Waals surface area contributed by atoms with Crippen LogP contribution in [0.4, 0.5) is 0 Å². The van der Waals surface area contributed by atoms with Gasteiger partial charge in [0, 0.05) is 30.3 Å². The zero-order valence-electron chi connectivity index (χ0n) is 31.1. The van der Waals surface area contributed by atoms with E-state index in [9.17, 15) is 24.0 Å². The Morgan fingerprint density at radius 2 is 1.46 bits per heavy atom. The topological polar surface area (TPSA) is 212 Å². The number of H-pyrrole nitrogens is 1. The average Bonchev–Trinajstić information content (AvgIpc) is 3.62. The van der Waals surface area contributed by atoms with Crippen molar-refractivity contribution >= 4 is 29.5 Å². The molecular weight excluding hydrogens is 640 g/mol. The molecule has 15 nitrogen and oxygen atoms in total. The lowest BCUT2D eigenvalue weighted by molar-refractivity contribution is -0.131. The van der Waals surface area contributed by atoms with E-state index in [2.05, 4.69) is 52.5 Å². The molecule has 1 aromatic carbocycles. The molecule has 2 aromatic rings. The van der Waals surface area contributed by atoms with Crippen LogP contribution in [0.1, 0.15) is 98.4 Å². The Morgan fingerprint density at radius 1 is 0.780 bits per heavy atom. The van der Waals surface area contributed by atoms with Gasteiger partial charge in [-0.15, -0.1) is 10.2 Å². The summed E-state index contributed by atoms with van der Waals surface area (Å²) in [5, 5.41) is 31.5. The van der Waals surface area contributed by atoms with E-state index in [1.165, 1.54) is 0 Å². The number of tetrazole rings is 1. The van der Waals surface area contributed by atoms with Gasteiger partial charge in [0.1, 0.15) is 18.1 Å². The third-order valence-corrected chi connectivity index (χ3v) is 8.51. The molecule has 0 spiro atoms. The molecule has 0 saturated heterocycles. The molecule has 1 heterocycles. The summed E-state index contributed by atoms with van der Waals surface area (Å²) in [5.41, 5.74) is 1.04. The van der Waals surface area contributed by atoms with Gasteiger partial charge in [0.15, 0.2) is 0 Å². The minimum absolute atomic E-state index is 0.0974. The van der Waals surface area contributed by atoms with Crippen LogP contribution in [-0.2, 0) is 19.2 Å². The number of aromatic amines is 1. The van der Waals surface area contributed by atoms with Crippen LogP contribution in [0.15, 0.2) is 24.3 Å². The summed E-state index contributed by atoms with van der Waals surface area (Å²) in [7, 11) is 0. The Balaban J connectivity index is 2.10. The molecule has 15 heteroatoms. The molecule has 50 heavy (non-hydrogen) atoms. The maximum atomic E-state index is 13.7. The summed E-state index contributed by atoms with van der Waals surface area (Å²) in [5.74, 6) is -1.43. The van der Waals surface area contributed by atoms with Gasteiger partial charge in [0.2, 0.25) is 29.5 Å². The number of amides is 5. The highest BCUT2D eigenvalue weighted by Crippen LogP contribution is 2.16. The Bertz CT molecular complexity index is 1370. The lowest BCUT2D eigenvalue weighted by Gasteiger charge is -2.29. The molecule has 7 N–H and O–H groups in total. The van der Waals surface area contributed by atoms with E-state index in [1.807, 2.05) is 55.4 Å². The van der Waals surface area contributed by atoms with E-state index in [-0.39, 0.29) is 41.5 Å². The minimum atomic E-state index is -0.877. The van der Waals surface area contributed by atoms with Crippen molar-refractivity contribution in [1.82, 2.24) is 52.5 Å². The van der Waals surface area contributed by atoms with Crippen molar-refractivity contribution < 1.29 is 24.0 Å². The first kappa shape index (κ1) is 41.8. The largest absolute Gasteiger partial charge is 0.355 e. The van der Waals surface area contributed by atoms with E-state index >= 15 is 0 Å². The Hall–Kier alpha value is -4.40. The highest BCUT2D eigenvalue weighted by Gasteiger charge is 2.31. The molecular formula is C35H58N10O5. The highest BCUT2D eigenvalue weighted by atomic mass is 16.2. The number of carbonyl (C=O) groups is 5. The monoisotopic (exact) mass is 698 g/mol. The number of carbonyl (C=O) groups excluding carboxylic acids is 5. The molecule has 6 atom stereocenters. The summed E-state index contributed by atoms with van der Waals surface area (Å²) in [6.45, 7) is 17.9. The van der Waals surface area contributed by atoms with Crippen LogP contribution < -0.4 is 31.9 Å². The van der Waals surface area contributed by atoms with Crippen LogP contribution >= 0.6 is 0 Å². The second kappa shape index (κ2) is 21.0. The van der Waals surface area contributed by atoms with Gasteiger partial charge in [0.05, 0.1) is 6.04 Å². The zero-order valence-corrected chi connectivity index (χ0v) is 31.1. The Kier molecular flexibility index (Phi) is 17.5. The van der Waals surface area contributed by atoms with Crippen LogP contribution in [0, 0.1) is 17.8 Å². The molecule has 1 aromatic heterocycles. The van der Waals surface area contributed by atoms with Crippen molar-refractivity contribution in [3.05, 3.63) is 29.8 Å². The fraction of sp³-hybridized carbons (Fsp3) is 0.657. The minimum Gasteiger partial charge on any atom is -0.355 e. The number of nitrogens with one attached hydrogen (secondary N) is 7. The van der Waals surface area contributed by atoms with E-state index in [1.54, 1.807) is 31.2 Å². The Labute approximate surface area is 296 Å². The smallest absolute Gasteiger partial charge is 0.251 e. The fourth-order valence-electron chi connectivity index (χ4n) is 5.37. The molecule has 0 fully saturated rings. The second-order valence-electron chi connectivity index (χ2n) is 13.6. The van der Waals surface area contributed by atoms with Crippen LogP contribution in [-0.4, -0.2) is 93.5 Å². The number of hydrogen-bond acceptors (Lipinski definition) is 9. The summed E-state index contributed by atoms with van der Waals surface area (Å²) in [6.07, 6.45) is 2.28. The van der Waals surface area contributed by atoms with Gasteiger partial charge in [-0.1, -0.05) is 73.4 Å². The molecule has 278 valence electrons. The van der Waals surface area contributed by atoms with Gasteiger partial charge in [-0.2, -0.15) is 5.21 Å². The molecule has 5 amide bonds. The third-order valence-electron chi connectivity index (χ3n) is 8.51. The van der Waals surface area contributed by atoms with Crippen LogP contribution in [0.3, 0.4) is 0 Å². The predicted octanol–water partition coefficient (Wildman–Crippen LogP) is 2.08. The summed E-state index contributed by atoms with van der Waals surface area (Å²) >= 11 is 0. The SMILES string of the molecule is CCC[C@H](NC(=O)[C@@H](NC(=O)c1ccc(-c2nn[nH]n2)cc1)[C@@H](C)CC)C(=O)N[C@H](CN[C@@H](C)C(=O)N[C@H](C(=O)NCC)C(C)C)CC(C)C. The molecule has 0 aliphatic rings. The fourth-order valence-corrected chi connectivity index (χ4v) is 5.37. The van der Waals surface area contributed by atoms with Crippen molar-refractivity contribution in [2.45, 2.75) is 118 Å². The quantitative estimate of drug-likeness (QED) is 0.102. The van der Waals surface area contributed by atoms with Crippen LogP contribution in [0.25, 0.3) is 11.4 Å². The molecule has 2 rings (SSSR count). The first-order valence-corrected chi connectivity index (χ1v) is 17.8. The summed E-state index contributed by atoms with van der Waals surface area (Å²) < 4.78 is 0.